The molecule has 5 heteroatoms. The first-order valence-electron chi connectivity index (χ1n) is 5.09. The molecule has 0 amide bonds. The lowest BCUT2D eigenvalue weighted by Crippen LogP contribution is -2.43. The number of carbonyl (C=O) groups is 1. The maximum Gasteiger partial charge on any atom is 0.341 e. The Bertz CT molecular complexity index is 386. The van der Waals surface area contributed by atoms with Crippen LogP contribution in [0.1, 0.15) is 12.5 Å². The summed E-state index contributed by atoms with van der Waals surface area (Å²) in [6.07, 6.45) is -2.39. The summed E-state index contributed by atoms with van der Waals surface area (Å²) < 4.78 is 18.2. The van der Waals surface area contributed by atoms with E-state index in [4.69, 9.17) is 9.84 Å². The van der Waals surface area contributed by atoms with Gasteiger partial charge in [0.05, 0.1) is 7.11 Å². The number of hydrogen-bond donors (Lipinski definition) is 2. The van der Waals surface area contributed by atoms with Crippen LogP contribution in [0, 0.1) is 0 Å². The molecule has 17 heavy (non-hydrogen) atoms. The minimum absolute atomic E-state index is 0.0789. The molecule has 0 aliphatic heterocycles. The minimum atomic E-state index is -2.32. The zero-order chi connectivity index (χ0) is 13.1. The van der Waals surface area contributed by atoms with Crippen LogP contribution < -0.4 is 4.74 Å². The largest absolute Gasteiger partial charge is 0.497 e. The van der Waals surface area contributed by atoms with Crippen LogP contribution in [0.15, 0.2) is 24.3 Å². The van der Waals surface area contributed by atoms with E-state index in [-0.39, 0.29) is 6.42 Å². The molecule has 0 aliphatic carbocycles. The Balaban J connectivity index is 2.78. The number of methoxy groups -OCH3 is 1. The van der Waals surface area contributed by atoms with Crippen molar-refractivity contribution in [3.05, 3.63) is 29.8 Å². The van der Waals surface area contributed by atoms with Gasteiger partial charge in [0.25, 0.3) is 0 Å². The molecule has 0 bridgehead atoms. The molecular formula is C12H15FO4. The van der Waals surface area contributed by atoms with Gasteiger partial charge in [-0.2, -0.15) is 0 Å². The highest BCUT2D eigenvalue weighted by Crippen LogP contribution is 2.21. The first-order valence-corrected chi connectivity index (χ1v) is 5.09. The van der Waals surface area contributed by atoms with Crippen molar-refractivity contribution in [2.24, 2.45) is 0 Å². The topological polar surface area (TPSA) is 66.8 Å². The molecule has 0 saturated carbocycles. The van der Waals surface area contributed by atoms with Crippen LogP contribution in [0.4, 0.5) is 4.39 Å². The Morgan fingerprint density at radius 1 is 1.47 bits per heavy atom. The molecule has 4 nitrogen and oxygen atoms in total. The smallest absolute Gasteiger partial charge is 0.341 e. The summed E-state index contributed by atoms with van der Waals surface area (Å²) in [6, 6.07) is 6.64. The predicted molar refractivity (Wildman–Crippen MR) is 59.9 cm³/mol. The van der Waals surface area contributed by atoms with E-state index < -0.39 is 17.7 Å². The van der Waals surface area contributed by atoms with Crippen molar-refractivity contribution >= 4 is 5.97 Å². The summed E-state index contributed by atoms with van der Waals surface area (Å²) in [5, 5.41) is 18.3. The molecule has 0 aliphatic rings. The molecule has 2 atom stereocenters. The highest BCUT2D eigenvalue weighted by molar-refractivity contribution is 5.73. The van der Waals surface area contributed by atoms with E-state index in [1.54, 1.807) is 24.3 Å². The first kappa shape index (κ1) is 13.4. The van der Waals surface area contributed by atoms with Crippen LogP contribution in [0.25, 0.3) is 0 Å². The van der Waals surface area contributed by atoms with Crippen LogP contribution >= 0.6 is 0 Å². The number of aliphatic carboxylic acids is 1. The summed E-state index contributed by atoms with van der Waals surface area (Å²) in [5.41, 5.74) is -1.29. The van der Waals surface area contributed by atoms with Crippen molar-refractivity contribution in [2.45, 2.75) is 25.1 Å². The fourth-order valence-corrected chi connectivity index (χ4v) is 1.51. The number of alkyl halides is 1. The van der Waals surface area contributed by atoms with Crippen LogP contribution in [-0.2, 0) is 11.2 Å². The van der Waals surface area contributed by atoms with Crippen LogP contribution in [-0.4, -0.2) is 35.1 Å². The normalized spacial score (nSPS) is 16.0. The zero-order valence-corrected chi connectivity index (χ0v) is 9.68. The molecule has 0 radical (unpaired) electrons. The number of hydrogen-bond acceptors (Lipinski definition) is 3. The third kappa shape index (κ3) is 3.42. The lowest BCUT2D eigenvalue weighted by molar-refractivity contribution is -0.152. The average molecular weight is 242 g/mol. The van der Waals surface area contributed by atoms with Crippen molar-refractivity contribution < 1.29 is 24.1 Å². The third-order valence-electron chi connectivity index (χ3n) is 2.48. The van der Waals surface area contributed by atoms with E-state index in [1.165, 1.54) is 7.11 Å². The van der Waals surface area contributed by atoms with Gasteiger partial charge in [-0.05, 0) is 24.6 Å². The minimum Gasteiger partial charge on any atom is -0.497 e. The Morgan fingerprint density at radius 2 is 2.00 bits per heavy atom. The zero-order valence-electron chi connectivity index (χ0n) is 9.68. The average Bonchev–Trinajstić information content (AvgIpc) is 2.28. The van der Waals surface area contributed by atoms with Gasteiger partial charge in [0.15, 0.2) is 0 Å². The summed E-state index contributed by atoms with van der Waals surface area (Å²) >= 11 is 0. The van der Waals surface area contributed by atoms with E-state index in [1.807, 2.05) is 0 Å². The first-order chi connectivity index (χ1) is 7.86. The number of aliphatic hydroxyl groups is 1. The highest BCUT2D eigenvalue weighted by Gasteiger charge is 2.37. The summed E-state index contributed by atoms with van der Waals surface area (Å²) in [5.74, 6) is -1.02. The van der Waals surface area contributed by atoms with E-state index in [0.29, 0.717) is 11.3 Å². The number of ether oxygens (including phenoxy) is 1. The van der Waals surface area contributed by atoms with Crippen LogP contribution in [0.3, 0.4) is 0 Å². The lowest BCUT2D eigenvalue weighted by Gasteiger charge is -2.24. The fraction of sp³-hybridized carbons (Fsp3) is 0.417. The molecule has 1 aromatic rings. The molecule has 0 heterocycles. The molecule has 0 aromatic heterocycles. The molecule has 0 spiro atoms. The van der Waals surface area contributed by atoms with Crippen molar-refractivity contribution in [2.75, 3.05) is 7.11 Å². The van der Waals surface area contributed by atoms with E-state index in [2.05, 4.69) is 0 Å². The molecule has 1 rings (SSSR count). The fourth-order valence-electron chi connectivity index (χ4n) is 1.51. The molecule has 94 valence electrons. The standard InChI is InChI=1S/C12H15FO4/c1-12(16,10(13)11(14)15)7-8-3-5-9(17-2)6-4-8/h3-6,10,16H,7H2,1-2H3,(H,14,15). The van der Waals surface area contributed by atoms with Gasteiger partial charge in [-0.15, -0.1) is 0 Å². The van der Waals surface area contributed by atoms with E-state index in [9.17, 15) is 14.3 Å². The molecule has 2 N–H and O–H groups in total. The SMILES string of the molecule is COc1ccc(CC(C)(O)C(F)C(=O)O)cc1. The number of carboxylic acid groups (broad SMARTS) is 1. The number of benzene rings is 1. The van der Waals surface area contributed by atoms with Crippen molar-refractivity contribution in [3.63, 3.8) is 0 Å². The summed E-state index contributed by atoms with van der Waals surface area (Å²) in [4.78, 5) is 10.5. The Hall–Kier alpha value is -1.62. The van der Waals surface area contributed by atoms with Gasteiger partial charge in [0, 0.05) is 6.42 Å². The Kier molecular flexibility index (Phi) is 4.07. The van der Waals surface area contributed by atoms with Crippen molar-refractivity contribution in [1.29, 1.82) is 0 Å². The summed E-state index contributed by atoms with van der Waals surface area (Å²) in [6.45, 7) is 1.16. The van der Waals surface area contributed by atoms with Gasteiger partial charge < -0.3 is 14.9 Å². The maximum absolute atomic E-state index is 13.3. The van der Waals surface area contributed by atoms with Crippen LogP contribution in [0.2, 0.25) is 0 Å². The number of halogens is 1. The maximum atomic E-state index is 13.3. The van der Waals surface area contributed by atoms with Gasteiger partial charge in [-0.3, -0.25) is 0 Å². The van der Waals surface area contributed by atoms with Gasteiger partial charge in [0.1, 0.15) is 11.4 Å². The molecule has 0 saturated heterocycles. The second-order valence-corrected chi connectivity index (χ2v) is 4.08. The third-order valence-corrected chi connectivity index (χ3v) is 2.48. The lowest BCUT2D eigenvalue weighted by atomic mass is 9.92. The number of rotatable bonds is 5. The second kappa shape index (κ2) is 5.14. The quantitative estimate of drug-likeness (QED) is 0.819. The van der Waals surface area contributed by atoms with Crippen molar-refractivity contribution in [3.8, 4) is 5.75 Å². The van der Waals surface area contributed by atoms with Crippen molar-refractivity contribution in [1.82, 2.24) is 0 Å². The van der Waals surface area contributed by atoms with Gasteiger partial charge in [-0.25, -0.2) is 9.18 Å². The molecule has 1 aromatic carbocycles. The molecular weight excluding hydrogens is 227 g/mol. The second-order valence-electron chi connectivity index (χ2n) is 4.08. The molecule has 2 unspecified atom stereocenters. The van der Waals surface area contributed by atoms with Crippen LogP contribution in [0.5, 0.6) is 5.75 Å². The Morgan fingerprint density at radius 3 is 2.41 bits per heavy atom. The monoisotopic (exact) mass is 242 g/mol. The Labute approximate surface area is 98.7 Å². The highest BCUT2D eigenvalue weighted by atomic mass is 19.1. The van der Waals surface area contributed by atoms with Gasteiger partial charge in [0.2, 0.25) is 6.17 Å². The van der Waals surface area contributed by atoms with E-state index >= 15 is 0 Å². The summed E-state index contributed by atoms with van der Waals surface area (Å²) in [7, 11) is 1.52. The predicted octanol–water partition coefficient (Wildman–Crippen LogP) is 1.41. The van der Waals surface area contributed by atoms with E-state index in [0.717, 1.165) is 6.92 Å². The van der Waals surface area contributed by atoms with Gasteiger partial charge >= 0.3 is 5.97 Å². The molecule has 0 fully saturated rings. The van der Waals surface area contributed by atoms with Gasteiger partial charge in [-0.1, -0.05) is 12.1 Å². The number of carboxylic acids is 1.